The first kappa shape index (κ1) is 17.1. The number of carbonyl (C=O) groups excluding carboxylic acids is 3. The summed E-state index contributed by atoms with van der Waals surface area (Å²) in [6.45, 7) is 2.07. The van der Waals surface area contributed by atoms with Gasteiger partial charge in [-0.2, -0.15) is 0 Å². The van der Waals surface area contributed by atoms with Crippen molar-refractivity contribution in [3.63, 3.8) is 0 Å². The van der Waals surface area contributed by atoms with E-state index in [0.29, 0.717) is 12.1 Å². The van der Waals surface area contributed by atoms with Crippen LogP contribution in [0.25, 0.3) is 0 Å². The first-order chi connectivity index (χ1) is 11.6. The molecule has 2 rings (SSSR count). The van der Waals surface area contributed by atoms with Gasteiger partial charge in [0.1, 0.15) is 0 Å². The molecule has 0 saturated carbocycles. The van der Waals surface area contributed by atoms with E-state index in [0.717, 1.165) is 0 Å². The second-order valence-electron chi connectivity index (χ2n) is 4.64. The van der Waals surface area contributed by atoms with E-state index in [2.05, 4.69) is 20.6 Å². The molecule has 0 spiro atoms. The maximum absolute atomic E-state index is 12.3. The van der Waals surface area contributed by atoms with E-state index in [4.69, 9.17) is 4.74 Å². The zero-order valence-corrected chi connectivity index (χ0v) is 12.9. The van der Waals surface area contributed by atoms with Gasteiger partial charge in [0, 0.05) is 24.5 Å². The number of urea groups is 1. The number of amides is 3. The lowest BCUT2D eigenvalue weighted by atomic mass is 10.1. The Morgan fingerprint density at radius 3 is 2.54 bits per heavy atom. The Morgan fingerprint density at radius 1 is 1.17 bits per heavy atom. The Balaban J connectivity index is 2.19. The second kappa shape index (κ2) is 8.37. The van der Waals surface area contributed by atoms with E-state index >= 15 is 0 Å². The molecule has 1 heterocycles. The molecule has 1 aromatic heterocycles. The molecule has 0 fully saturated rings. The van der Waals surface area contributed by atoms with Crippen LogP contribution >= 0.6 is 0 Å². The maximum Gasteiger partial charge on any atom is 0.359 e. The van der Waals surface area contributed by atoms with Crippen LogP contribution in [0.15, 0.2) is 48.9 Å². The van der Waals surface area contributed by atoms with Crippen LogP contribution in [-0.2, 0) is 9.53 Å². The summed E-state index contributed by atoms with van der Waals surface area (Å²) in [6, 6.07) is 7.71. The van der Waals surface area contributed by atoms with E-state index in [-0.39, 0.29) is 5.69 Å². The van der Waals surface area contributed by atoms with Gasteiger partial charge in [0.25, 0.3) is 5.91 Å². The quantitative estimate of drug-likeness (QED) is 0.799. The number of ether oxygens (including phenoxy) is 1. The van der Waals surface area contributed by atoms with Crippen LogP contribution in [0.1, 0.15) is 29.1 Å². The van der Waals surface area contributed by atoms with Crippen molar-refractivity contribution in [3.05, 3.63) is 60.2 Å². The molecule has 2 aromatic rings. The highest BCUT2D eigenvalue weighted by Gasteiger charge is 2.27. The summed E-state index contributed by atoms with van der Waals surface area (Å²) in [5, 5.41) is 4.57. The predicted octanol–water partition coefficient (Wildman–Crippen LogP) is 1.22. The maximum atomic E-state index is 12.3. The van der Waals surface area contributed by atoms with Crippen molar-refractivity contribution >= 4 is 17.9 Å². The summed E-state index contributed by atoms with van der Waals surface area (Å²) in [4.78, 5) is 43.6. The van der Waals surface area contributed by atoms with Gasteiger partial charge in [0.05, 0.1) is 6.20 Å². The fourth-order valence-corrected chi connectivity index (χ4v) is 1.85. The van der Waals surface area contributed by atoms with Crippen molar-refractivity contribution in [2.45, 2.75) is 13.0 Å². The topological polar surface area (TPSA) is 110 Å². The first-order valence-electron chi connectivity index (χ1n) is 7.22. The summed E-state index contributed by atoms with van der Waals surface area (Å²) in [5.41, 5.74) is 0.390. The number of rotatable bonds is 5. The van der Waals surface area contributed by atoms with Crippen LogP contribution < -0.4 is 10.6 Å². The number of esters is 1. The molecule has 1 aromatic carbocycles. The Hall–Kier alpha value is -3.29. The molecule has 124 valence electrons. The number of nitrogens with zero attached hydrogens (tertiary/aromatic N) is 2. The molecule has 0 saturated heterocycles. The van der Waals surface area contributed by atoms with Gasteiger partial charge in [-0.3, -0.25) is 15.1 Å². The third kappa shape index (κ3) is 4.60. The van der Waals surface area contributed by atoms with Crippen molar-refractivity contribution in [2.75, 3.05) is 6.54 Å². The number of benzene rings is 1. The smallest absolute Gasteiger partial charge is 0.359 e. The fourth-order valence-electron chi connectivity index (χ4n) is 1.85. The van der Waals surface area contributed by atoms with Crippen LogP contribution in [0.5, 0.6) is 0 Å². The minimum absolute atomic E-state index is 0.0377. The first-order valence-corrected chi connectivity index (χ1v) is 7.22. The molecule has 24 heavy (non-hydrogen) atoms. The summed E-state index contributed by atoms with van der Waals surface area (Å²) in [6.07, 6.45) is 2.69. The average molecular weight is 328 g/mol. The Labute approximate surface area is 138 Å². The molecular formula is C16H16N4O4. The monoisotopic (exact) mass is 328 g/mol. The molecule has 3 amide bonds. The van der Waals surface area contributed by atoms with Gasteiger partial charge in [0.15, 0.2) is 5.69 Å². The van der Waals surface area contributed by atoms with Crippen LogP contribution in [0.2, 0.25) is 0 Å². The molecule has 0 aliphatic rings. The molecule has 1 atom stereocenters. The summed E-state index contributed by atoms with van der Waals surface area (Å²) >= 11 is 0. The third-order valence-corrected chi connectivity index (χ3v) is 2.91. The Kier molecular flexibility index (Phi) is 5.95. The fraction of sp³-hybridized carbons (Fsp3) is 0.188. The number of aromatic nitrogens is 2. The predicted molar refractivity (Wildman–Crippen MR) is 83.8 cm³/mol. The van der Waals surface area contributed by atoms with Gasteiger partial charge >= 0.3 is 12.0 Å². The number of hydrogen-bond acceptors (Lipinski definition) is 6. The van der Waals surface area contributed by atoms with Crippen LogP contribution in [0.4, 0.5) is 4.79 Å². The summed E-state index contributed by atoms with van der Waals surface area (Å²) < 4.78 is 5.23. The van der Waals surface area contributed by atoms with E-state index in [1.807, 2.05) is 0 Å². The molecular weight excluding hydrogens is 312 g/mol. The highest BCUT2D eigenvalue weighted by atomic mass is 16.5. The Morgan fingerprint density at radius 2 is 1.92 bits per heavy atom. The second-order valence-corrected chi connectivity index (χ2v) is 4.64. The largest absolute Gasteiger partial charge is 0.442 e. The number of carbonyl (C=O) groups is 3. The number of nitrogens with one attached hydrogen (secondary N) is 2. The minimum Gasteiger partial charge on any atom is -0.442 e. The zero-order chi connectivity index (χ0) is 17.4. The van der Waals surface area contributed by atoms with Crippen molar-refractivity contribution in [1.29, 1.82) is 0 Å². The Bertz CT molecular complexity index is 707. The lowest BCUT2D eigenvalue weighted by molar-refractivity contribution is -0.129. The molecule has 8 nitrogen and oxygen atoms in total. The molecule has 2 N–H and O–H groups in total. The number of hydrogen-bond donors (Lipinski definition) is 2. The highest BCUT2D eigenvalue weighted by molar-refractivity contribution is 5.98. The van der Waals surface area contributed by atoms with Gasteiger partial charge in [-0.05, 0) is 6.92 Å². The van der Waals surface area contributed by atoms with E-state index < -0.39 is 24.0 Å². The molecule has 0 bridgehead atoms. The van der Waals surface area contributed by atoms with Gasteiger partial charge in [-0.25, -0.2) is 14.6 Å². The normalized spacial score (nSPS) is 11.2. The summed E-state index contributed by atoms with van der Waals surface area (Å²) in [5.74, 6) is -1.58. The average Bonchev–Trinajstić information content (AvgIpc) is 2.61. The van der Waals surface area contributed by atoms with Gasteiger partial charge < -0.3 is 10.1 Å². The standard InChI is InChI=1S/C16H16N4O4/c1-2-18-16(23)20-14(21)13(11-6-4-3-5-7-11)24-15(22)12-10-17-8-9-19-12/h3-10,13H,2H2,1H3,(H2,18,20,21,23)/t13-/m0/s1. The van der Waals surface area contributed by atoms with Gasteiger partial charge in [-0.15, -0.1) is 0 Å². The van der Waals surface area contributed by atoms with E-state index in [1.54, 1.807) is 37.3 Å². The molecule has 0 unspecified atom stereocenters. The molecule has 0 radical (unpaired) electrons. The van der Waals surface area contributed by atoms with Crippen molar-refractivity contribution < 1.29 is 19.1 Å². The zero-order valence-electron chi connectivity index (χ0n) is 12.9. The highest BCUT2D eigenvalue weighted by Crippen LogP contribution is 2.19. The molecule has 0 aliphatic carbocycles. The minimum atomic E-state index is -1.29. The lowest BCUT2D eigenvalue weighted by Crippen LogP contribution is -2.42. The van der Waals surface area contributed by atoms with Crippen LogP contribution in [-0.4, -0.2) is 34.4 Å². The lowest BCUT2D eigenvalue weighted by Gasteiger charge is -2.17. The SMILES string of the molecule is CCNC(=O)NC(=O)[C@@H](OC(=O)c1cnccn1)c1ccccc1. The van der Waals surface area contributed by atoms with Crippen molar-refractivity contribution in [1.82, 2.24) is 20.6 Å². The number of imide groups is 1. The van der Waals surface area contributed by atoms with Crippen LogP contribution in [0.3, 0.4) is 0 Å². The summed E-state index contributed by atoms with van der Waals surface area (Å²) in [7, 11) is 0. The van der Waals surface area contributed by atoms with E-state index in [9.17, 15) is 14.4 Å². The molecule has 0 aliphatic heterocycles. The molecule has 8 heteroatoms. The van der Waals surface area contributed by atoms with Crippen molar-refractivity contribution in [2.24, 2.45) is 0 Å². The van der Waals surface area contributed by atoms with E-state index in [1.165, 1.54) is 18.6 Å². The van der Waals surface area contributed by atoms with Crippen LogP contribution in [0, 0.1) is 0 Å². The van der Waals surface area contributed by atoms with Gasteiger partial charge in [0.2, 0.25) is 6.10 Å². The third-order valence-electron chi connectivity index (χ3n) is 2.91. The van der Waals surface area contributed by atoms with Gasteiger partial charge in [-0.1, -0.05) is 30.3 Å². The van der Waals surface area contributed by atoms with Crippen molar-refractivity contribution in [3.8, 4) is 0 Å².